The lowest BCUT2D eigenvalue weighted by Crippen LogP contribution is -2.40. The van der Waals surface area contributed by atoms with Gasteiger partial charge in [0.2, 0.25) is 10.0 Å². The lowest BCUT2D eigenvalue weighted by atomic mass is 10.1. The summed E-state index contributed by atoms with van der Waals surface area (Å²) in [4.78, 5) is -0.134. The smallest absolute Gasteiger partial charge is 0.242 e. The first-order valence-corrected chi connectivity index (χ1v) is 7.94. The van der Waals surface area contributed by atoms with Crippen molar-refractivity contribution in [3.8, 4) is 0 Å². The third kappa shape index (κ3) is 4.72. The van der Waals surface area contributed by atoms with E-state index in [1.165, 1.54) is 0 Å². The van der Waals surface area contributed by atoms with E-state index >= 15 is 0 Å². The van der Waals surface area contributed by atoms with Crippen LogP contribution in [0.2, 0.25) is 5.02 Å². The number of nitrogens with one attached hydrogen (secondary N) is 1. The zero-order valence-electron chi connectivity index (χ0n) is 10.7. The average molecular weight is 309 g/mol. The summed E-state index contributed by atoms with van der Waals surface area (Å²) in [6, 6.07) is 2.84. The molecule has 19 heavy (non-hydrogen) atoms. The number of halogens is 2. The van der Waals surface area contributed by atoms with Gasteiger partial charge in [-0.05, 0) is 24.6 Å². The molecule has 7 heteroatoms. The maximum absolute atomic E-state index is 12.9. The van der Waals surface area contributed by atoms with Crippen molar-refractivity contribution in [3.05, 3.63) is 29.0 Å². The summed E-state index contributed by atoms with van der Waals surface area (Å²) in [5.74, 6) is -0.578. The minimum absolute atomic E-state index is 0.134. The minimum atomic E-state index is -3.78. The quantitative estimate of drug-likeness (QED) is 0.811. The molecule has 1 aromatic carbocycles. The SMILES string of the molecule is CCCCC(CN)NS(=O)(=O)c1ccc(F)cc1Cl. The fourth-order valence-electron chi connectivity index (χ4n) is 1.65. The Morgan fingerprint density at radius 2 is 2.16 bits per heavy atom. The van der Waals surface area contributed by atoms with Crippen molar-refractivity contribution in [1.82, 2.24) is 4.72 Å². The Morgan fingerprint density at radius 3 is 2.68 bits per heavy atom. The molecule has 108 valence electrons. The summed E-state index contributed by atoms with van der Waals surface area (Å²) >= 11 is 5.75. The molecule has 0 aliphatic carbocycles. The second kappa shape index (κ2) is 7.19. The van der Waals surface area contributed by atoms with E-state index in [1.807, 2.05) is 6.92 Å². The lowest BCUT2D eigenvalue weighted by Gasteiger charge is -2.17. The van der Waals surface area contributed by atoms with Crippen LogP contribution in [0.15, 0.2) is 23.1 Å². The summed E-state index contributed by atoms with van der Waals surface area (Å²) in [5.41, 5.74) is 5.54. The normalized spacial score (nSPS) is 13.5. The summed E-state index contributed by atoms with van der Waals surface area (Å²) in [6.07, 6.45) is 2.49. The van der Waals surface area contributed by atoms with Crippen LogP contribution in [-0.2, 0) is 10.0 Å². The van der Waals surface area contributed by atoms with Crippen LogP contribution in [0, 0.1) is 5.82 Å². The highest BCUT2D eigenvalue weighted by Gasteiger charge is 2.21. The van der Waals surface area contributed by atoms with Gasteiger partial charge in [-0.1, -0.05) is 31.4 Å². The molecule has 0 saturated heterocycles. The van der Waals surface area contributed by atoms with Crippen LogP contribution < -0.4 is 10.5 Å². The second-order valence-corrected chi connectivity index (χ2v) is 6.36. The first kappa shape index (κ1) is 16.4. The molecular weight excluding hydrogens is 291 g/mol. The minimum Gasteiger partial charge on any atom is -0.329 e. The van der Waals surface area contributed by atoms with E-state index < -0.39 is 15.8 Å². The monoisotopic (exact) mass is 308 g/mol. The van der Waals surface area contributed by atoms with Crippen molar-refractivity contribution in [2.75, 3.05) is 6.54 Å². The first-order valence-electron chi connectivity index (χ1n) is 6.08. The van der Waals surface area contributed by atoms with Gasteiger partial charge in [0.25, 0.3) is 0 Å². The van der Waals surface area contributed by atoms with Crippen LogP contribution in [0.1, 0.15) is 26.2 Å². The van der Waals surface area contributed by atoms with Gasteiger partial charge in [0.1, 0.15) is 10.7 Å². The highest BCUT2D eigenvalue weighted by molar-refractivity contribution is 7.89. The molecule has 0 fully saturated rings. The number of hydrogen-bond acceptors (Lipinski definition) is 3. The van der Waals surface area contributed by atoms with Gasteiger partial charge >= 0.3 is 0 Å². The van der Waals surface area contributed by atoms with Crippen LogP contribution in [0.3, 0.4) is 0 Å². The number of sulfonamides is 1. The Bertz CT molecular complexity index is 522. The molecule has 1 rings (SSSR count). The van der Waals surface area contributed by atoms with Crippen molar-refractivity contribution < 1.29 is 12.8 Å². The highest BCUT2D eigenvalue weighted by atomic mass is 35.5. The summed E-state index contributed by atoms with van der Waals surface area (Å²) in [7, 11) is -3.78. The third-order valence-corrected chi connectivity index (χ3v) is 4.70. The van der Waals surface area contributed by atoms with Gasteiger partial charge in [0, 0.05) is 12.6 Å². The molecule has 0 amide bonds. The van der Waals surface area contributed by atoms with Crippen molar-refractivity contribution in [2.45, 2.75) is 37.1 Å². The number of unbranched alkanes of at least 4 members (excludes halogenated alkanes) is 1. The molecule has 4 nitrogen and oxygen atoms in total. The largest absolute Gasteiger partial charge is 0.329 e. The summed E-state index contributed by atoms with van der Waals surface area (Å²) in [5, 5.41) is -0.140. The van der Waals surface area contributed by atoms with E-state index in [9.17, 15) is 12.8 Å². The fraction of sp³-hybridized carbons (Fsp3) is 0.500. The van der Waals surface area contributed by atoms with Gasteiger partial charge in [0.05, 0.1) is 5.02 Å². The predicted octanol–water partition coefficient (Wildman–Crippen LogP) is 2.27. The van der Waals surface area contributed by atoms with Gasteiger partial charge in [-0.15, -0.1) is 0 Å². The van der Waals surface area contributed by atoms with Gasteiger partial charge < -0.3 is 5.73 Å². The van der Waals surface area contributed by atoms with E-state index in [4.69, 9.17) is 17.3 Å². The van der Waals surface area contributed by atoms with Crippen LogP contribution in [0.25, 0.3) is 0 Å². The predicted molar refractivity (Wildman–Crippen MR) is 74.1 cm³/mol. The maximum Gasteiger partial charge on any atom is 0.242 e. The molecule has 1 atom stereocenters. The average Bonchev–Trinajstić information content (AvgIpc) is 2.33. The van der Waals surface area contributed by atoms with Crippen LogP contribution in [-0.4, -0.2) is 21.0 Å². The molecule has 0 bridgehead atoms. The zero-order valence-corrected chi connectivity index (χ0v) is 12.3. The summed E-state index contributed by atoms with van der Waals surface area (Å²) < 4.78 is 39.7. The molecular formula is C12H18ClFN2O2S. The number of nitrogens with two attached hydrogens (primary N) is 1. The highest BCUT2D eigenvalue weighted by Crippen LogP contribution is 2.22. The number of rotatable bonds is 7. The molecule has 3 N–H and O–H groups in total. The Balaban J connectivity index is 2.90. The van der Waals surface area contributed by atoms with Crippen molar-refractivity contribution in [3.63, 3.8) is 0 Å². The lowest BCUT2D eigenvalue weighted by molar-refractivity contribution is 0.516. The Morgan fingerprint density at radius 1 is 1.47 bits per heavy atom. The molecule has 0 saturated carbocycles. The molecule has 0 radical (unpaired) electrons. The van der Waals surface area contributed by atoms with Gasteiger partial charge in [-0.2, -0.15) is 0 Å². The standard InChI is InChI=1S/C12H18ClFN2O2S/c1-2-3-4-10(8-15)16-19(17,18)12-6-5-9(14)7-11(12)13/h5-7,10,16H,2-4,8,15H2,1H3. The van der Waals surface area contributed by atoms with Crippen LogP contribution in [0.4, 0.5) is 4.39 Å². The van der Waals surface area contributed by atoms with E-state index in [-0.39, 0.29) is 22.5 Å². The van der Waals surface area contributed by atoms with Crippen LogP contribution >= 0.6 is 11.6 Å². The molecule has 0 heterocycles. The molecule has 0 spiro atoms. The van der Waals surface area contributed by atoms with E-state index in [0.717, 1.165) is 31.0 Å². The number of benzene rings is 1. The third-order valence-electron chi connectivity index (χ3n) is 2.70. The molecule has 0 aliphatic rings. The molecule has 1 aromatic rings. The van der Waals surface area contributed by atoms with E-state index in [1.54, 1.807) is 0 Å². The Labute approximate surface area is 118 Å². The Kier molecular flexibility index (Phi) is 6.19. The van der Waals surface area contributed by atoms with Crippen molar-refractivity contribution in [2.24, 2.45) is 5.73 Å². The molecule has 0 aromatic heterocycles. The first-order chi connectivity index (χ1) is 8.90. The van der Waals surface area contributed by atoms with Crippen LogP contribution in [0.5, 0.6) is 0 Å². The van der Waals surface area contributed by atoms with E-state index in [2.05, 4.69) is 4.72 Å². The maximum atomic E-state index is 12.9. The molecule has 0 aliphatic heterocycles. The van der Waals surface area contributed by atoms with Gasteiger partial charge in [-0.25, -0.2) is 17.5 Å². The van der Waals surface area contributed by atoms with Crippen molar-refractivity contribution >= 4 is 21.6 Å². The van der Waals surface area contributed by atoms with Gasteiger partial charge in [0.15, 0.2) is 0 Å². The number of hydrogen-bond donors (Lipinski definition) is 2. The topological polar surface area (TPSA) is 72.2 Å². The zero-order chi connectivity index (χ0) is 14.5. The van der Waals surface area contributed by atoms with Crippen molar-refractivity contribution in [1.29, 1.82) is 0 Å². The fourth-order valence-corrected chi connectivity index (χ4v) is 3.47. The Hall–Kier alpha value is -0.690. The molecule has 1 unspecified atom stereocenters. The summed E-state index contributed by atoms with van der Waals surface area (Å²) in [6.45, 7) is 2.22. The second-order valence-electron chi connectivity index (χ2n) is 4.27. The van der Waals surface area contributed by atoms with Gasteiger partial charge in [-0.3, -0.25) is 0 Å². The van der Waals surface area contributed by atoms with E-state index in [0.29, 0.717) is 6.42 Å².